The van der Waals surface area contributed by atoms with E-state index < -0.39 is 0 Å². The molecule has 0 aliphatic heterocycles. The third-order valence-corrected chi connectivity index (χ3v) is 3.76. The number of hydrogen-bond acceptors (Lipinski definition) is 5. The summed E-state index contributed by atoms with van der Waals surface area (Å²) in [7, 11) is 1.65. The predicted molar refractivity (Wildman–Crippen MR) is 90.3 cm³/mol. The van der Waals surface area contributed by atoms with Gasteiger partial charge in [-0.2, -0.15) is 0 Å². The lowest BCUT2D eigenvalue weighted by Crippen LogP contribution is -2.14. The molecule has 124 valence electrons. The van der Waals surface area contributed by atoms with Gasteiger partial charge in [0.15, 0.2) is 5.58 Å². The summed E-state index contributed by atoms with van der Waals surface area (Å²) in [5.74, 6) is 0.817. The third-order valence-electron chi connectivity index (χ3n) is 3.76. The molecule has 0 spiro atoms. The molecule has 0 saturated carbocycles. The first-order valence-electron chi connectivity index (χ1n) is 7.80. The molecular weight excluding hydrogens is 306 g/mol. The van der Waals surface area contributed by atoms with Crippen LogP contribution in [0, 0.1) is 5.92 Å². The first-order chi connectivity index (χ1) is 11.6. The number of carbonyl (C=O) groups is 1. The highest BCUT2D eigenvalue weighted by Gasteiger charge is 2.14. The fourth-order valence-electron chi connectivity index (χ4n) is 2.42. The van der Waals surface area contributed by atoms with Gasteiger partial charge in [0, 0.05) is 23.4 Å². The maximum absolute atomic E-state index is 11.7. The number of para-hydroxylation sites is 1. The summed E-state index contributed by atoms with van der Waals surface area (Å²) in [4.78, 5) is 11.7. The number of hydrogen-bond donors (Lipinski definition) is 0. The number of aromatic nitrogens is 1. The van der Waals surface area contributed by atoms with Crippen molar-refractivity contribution in [2.24, 2.45) is 5.92 Å². The normalized spacial score (nSPS) is 11.0. The molecule has 24 heavy (non-hydrogen) atoms. The van der Waals surface area contributed by atoms with Gasteiger partial charge in [-0.05, 0) is 18.2 Å². The van der Waals surface area contributed by atoms with E-state index in [-0.39, 0.29) is 11.9 Å². The Morgan fingerprint density at radius 2 is 2.00 bits per heavy atom. The van der Waals surface area contributed by atoms with E-state index in [0.29, 0.717) is 17.8 Å². The third kappa shape index (κ3) is 3.25. The summed E-state index contributed by atoms with van der Waals surface area (Å²) in [6, 6.07) is 13.1. The van der Waals surface area contributed by atoms with Crippen LogP contribution >= 0.6 is 0 Å². The Bertz CT molecular complexity index is 867. The molecule has 5 nitrogen and oxygen atoms in total. The lowest BCUT2D eigenvalue weighted by Gasteiger charge is -2.07. The SMILES string of the molecule is COc1ccccc1Cc1noc2cc(OC(=O)C(C)C)ccc12. The molecule has 1 heterocycles. The van der Waals surface area contributed by atoms with E-state index in [1.807, 2.05) is 30.3 Å². The van der Waals surface area contributed by atoms with Crippen LogP contribution in [0.25, 0.3) is 11.0 Å². The fourth-order valence-corrected chi connectivity index (χ4v) is 2.42. The van der Waals surface area contributed by atoms with E-state index in [0.717, 1.165) is 22.4 Å². The van der Waals surface area contributed by atoms with Crippen LogP contribution in [0.1, 0.15) is 25.1 Å². The first kappa shape index (κ1) is 16.1. The van der Waals surface area contributed by atoms with Crippen molar-refractivity contribution in [2.45, 2.75) is 20.3 Å². The second kappa shape index (κ2) is 6.74. The molecule has 0 fully saturated rings. The van der Waals surface area contributed by atoms with E-state index in [9.17, 15) is 4.79 Å². The largest absolute Gasteiger partial charge is 0.496 e. The Kier molecular flexibility index (Phi) is 4.51. The van der Waals surface area contributed by atoms with Crippen molar-refractivity contribution < 1.29 is 18.8 Å². The van der Waals surface area contributed by atoms with E-state index in [1.54, 1.807) is 33.1 Å². The van der Waals surface area contributed by atoms with Crippen molar-refractivity contribution in [1.29, 1.82) is 0 Å². The number of nitrogens with zero attached hydrogens (tertiary/aromatic N) is 1. The topological polar surface area (TPSA) is 61.6 Å². The van der Waals surface area contributed by atoms with Crippen molar-refractivity contribution in [3.8, 4) is 11.5 Å². The van der Waals surface area contributed by atoms with Gasteiger partial charge in [-0.15, -0.1) is 0 Å². The zero-order valence-corrected chi connectivity index (χ0v) is 13.9. The number of fused-ring (bicyclic) bond motifs is 1. The Labute approximate surface area is 140 Å². The smallest absolute Gasteiger partial charge is 0.313 e. The van der Waals surface area contributed by atoms with E-state index in [1.165, 1.54) is 0 Å². The molecule has 0 saturated heterocycles. The summed E-state index contributed by atoms with van der Waals surface area (Å²) in [6.45, 7) is 3.58. The molecule has 0 unspecified atom stereocenters. The van der Waals surface area contributed by atoms with Gasteiger partial charge in [-0.25, -0.2) is 0 Å². The van der Waals surface area contributed by atoms with Gasteiger partial charge >= 0.3 is 5.97 Å². The summed E-state index contributed by atoms with van der Waals surface area (Å²) in [6.07, 6.45) is 0.599. The minimum Gasteiger partial charge on any atom is -0.496 e. The van der Waals surface area contributed by atoms with Crippen LogP contribution in [-0.2, 0) is 11.2 Å². The molecule has 0 aliphatic carbocycles. The van der Waals surface area contributed by atoms with Gasteiger partial charge in [0.2, 0.25) is 0 Å². The Morgan fingerprint density at radius 3 is 2.75 bits per heavy atom. The lowest BCUT2D eigenvalue weighted by atomic mass is 10.1. The van der Waals surface area contributed by atoms with Gasteiger partial charge in [-0.3, -0.25) is 4.79 Å². The number of rotatable bonds is 5. The lowest BCUT2D eigenvalue weighted by molar-refractivity contribution is -0.137. The number of esters is 1. The van der Waals surface area contributed by atoms with Crippen LogP contribution in [0.4, 0.5) is 0 Å². The van der Waals surface area contributed by atoms with E-state index >= 15 is 0 Å². The maximum atomic E-state index is 11.7. The summed E-state index contributed by atoms with van der Waals surface area (Å²) in [5, 5.41) is 5.04. The molecule has 0 amide bonds. The highest BCUT2D eigenvalue weighted by Crippen LogP contribution is 2.28. The van der Waals surface area contributed by atoms with Crippen LogP contribution in [0.15, 0.2) is 47.0 Å². The Morgan fingerprint density at radius 1 is 1.21 bits per heavy atom. The molecule has 3 aromatic rings. The van der Waals surface area contributed by atoms with E-state index in [2.05, 4.69) is 5.16 Å². The average molecular weight is 325 g/mol. The van der Waals surface area contributed by atoms with Crippen molar-refractivity contribution in [1.82, 2.24) is 5.16 Å². The minimum absolute atomic E-state index is 0.184. The molecule has 0 N–H and O–H groups in total. The molecule has 0 aliphatic rings. The predicted octanol–water partition coefficient (Wildman–Crippen LogP) is 3.99. The van der Waals surface area contributed by atoms with Crippen molar-refractivity contribution in [3.63, 3.8) is 0 Å². The standard InChI is InChI=1S/C19H19NO4/c1-12(2)19(21)23-14-8-9-15-16(20-24-18(15)11-14)10-13-6-4-5-7-17(13)22-3/h4-9,11-12H,10H2,1-3H3. The van der Waals surface area contributed by atoms with Gasteiger partial charge in [0.25, 0.3) is 0 Å². The molecule has 0 radical (unpaired) electrons. The molecule has 2 aromatic carbocycles. The van der Waals surface area contributed by atoms with Crippen molar-refractivity contribution in [2.75, 3.05) is 7.11 Å². The monoisotopic (exact) mass is 325 g/mol. The zero-order valence-electron chi connectivity index (χ0n) is 13.9. The molecular formula is C19H19NO4. The van der Waals surface area contributed by atoms with Gasteiger partial charge < -0.3 is 14.0 Å². The summed E-state index contributed by atoms with van der Waals surface area (Å²) in [5.41, 5.74) is 2.44. The summed E-state index contributed by atoms with van der Waals surface area (Å²) >= 11 is 0. The second-order valence-corrected chi connectivity index (χ2v) is 5.85. The van der Waals surface area contributed by atoms with Gasteiger partial charge in [-0.1, -0.05) is 37.2 Å². The summed E-state index contributed by atoms with van der Waals surface area (Å²) < 4.78 is 16.1. The number of ether oxygens (including phenoxy) is 2. The highest BCUT2D eigenvalue weighted by molar-refractivity contribution is 5.82. The first-order valence-corrected chi connectivity index (χ1v) is 7.80. The minimum atomic E-state index is -0.275. The zero-order chi connectivity index (χ0) is 17.1. The van der Waals surface area contributed by atoms with Gasteiger partial charge in [0.1, 0.15) is 11.5 Å². The fraction of sp³-hybridized carbons (Fsp3) is 0.263. The molecule has 0 atom stereocenters. The Hall–Kier alpha value is -2.82. The van der Waals surface area contributed by atoms with Crippen molar-refractivity contribution >= 4 is 16.9 Å². The van der Waals surface area contributed by atoms with E-state index in [4.69, 9.17) is 14.0 Å². The average Bonchev–Trinajstić information content (AvgIpc) is 2.97. The molecule has 0 bridgehead atoms. The molecule has 1 aromatic heterocycles. The van der Waals surface area contributed by atoms with Gasteiger partial charge in [0.05, 0.1) is 18.7 Å². The molecule has 3 rings (SSSR count). The quantitative estimate of drug-likeness (QED) is 0.524. The van der Waals surface area contributed by atoms with Crippen molar-refractivity contribution in [3.05, 3.63) is 53.7 Å². The van der Waals surface area contributed by atoms with Crippen LogP contribution in [0.5, 0.6) is 11.5 Å². The molecule has 5 heteroatoms. The highest BCUT2D eigenvalue weighted by atomic mass is 16.5. The number of carbonyl (C=O) groups excluding carboxylic acids is 1. The number of benzene rings is 2. The van der Waals surface area contributed by atoms with Crippen LogP contribution in [-0.4, -0.2) is 18.2 Å². The maximum Gasteiger partial charge on any atom is 0.313 e. The number of methoxy groups -OCH3 is 1. The second-order valence-electron chi connectivity index (χ2n) is 5.85. The Balaban J connectivity index is 1.87. The van der Waals surface area contributed by atoms with Crippen LogP contribution in [0.3, 0.4) is 0 Å². The van der Waals surface area contributed by atoms with Crippen LogP contribution < -0.4 is 9.47 Å². The van der Waals surface area contributed by atoms with Crippen LogP contribution in [0.2, 0.25) is 0 Å².